The van der Waals surface area contributed by atoms with Gasteiger partial charge in [0.1, 0.15) is 17.2 Å². The number of benzene rings is 3. The smallest absolute Gasteiger partial charge is 0.282 e. The molecule has 1 heterocycles. The number of carbonyl (C=O) groups is 1. The van der Waals surface area contributed by atoms with Gasteiger partial charge in [-0.3, -0.25) is 4.79 Å². The number of sulfonamides is 1. The van der Waals surface area contributed by atoms with Crippen molar-refractivity contribution >= 4 is 73.6 Å². The fourth-order valence-electron chi connectivity index (χ4n) is 7.18. The van der Waals surface area contributed by atoms with Crippen LogP contribution in [0.25, 0.3) is 0 Å². The Morgan fingerprint density at radius 3 is 2.17 bits per heavy atom. The maximum absolute atomic E-state index is 14.2. The average Bonchev–Trinajstić information content (AvgIpc) is 3.49. The van der Waals surface area contributed by atoms with Gasteiger partial charge in [-0.2, -0.15) is 15.2 Å². The van der Waals surface area contributed by atoms with Gasteiger partial charge in [0.15, 0.2) is 5.84 Å². The first-order chi connectivity index (χ1) is 28.0. The van der Waals surface area contributed by atoms with Crippen molar-refractivity contribution in [1.82, 2.24) is 4.72 Å². The van der Waals surface area contributed by atoms with Crippen LogP contribution in [-0.2, 0) is 21.2 Å². The van der Waals surface area contributed by atoms with Crippen LogP contribution in [0.4, 0.5) is 17.1 Å². The van der Waals surface area contributed by atoms with Crippen LogP contribution in [0.1, 0.15) is 129 Å². The van der Waals surface area contributed by atoms with E-state index in [-0.39, 0.29) is 49.0 Å². The van der Waals surface area contributed by atoms with Gasteiger partial charge in [0.05, 0.1) is 32.9 Å². The number of phenols is 1. The lowest BCUT2D eigenvalue weighted by atomic mass is 9.96. The normalized spacial score (nSPS) is 16.4. The molecule has 3 aromatic rings. The zero-order valence-corrected chi connectivity index (χ0v) is 36.7. The summed E-state index contributed by atoms with van der Waals surface area (Å²) in [6, 6.07) is 11.0. The number of halogens is 3. The summed E-state index contributed by atoms with van der Waals surface area (Å²) in [7, 11) is -3.91. The molecule has 1 aliphatic carbocycles. The second kappa shape index (κ2) is 22.8. The summed E-state index contributed by atoms with van der Waals surface area (Å²) in [5.41, 5.74) is 1.53. The van der Waals surface area contributed by atoms with Gasteiger partial charge in [-0.05, 0) is 86.2 Å². The van der Waals surface area contributed by atoms with Crippen molar-refractivity contribution in [2.24, 2.45) is 15.3 Å². The van der Waals surface area contributed by atoms with E-state index in [0.29, 0.717) is 30.0 Å². The highest BCUT2D eigenvalue weighted by molar-refractivity contribution is 7.89. The number of azo groups is 1. The zero-order chi connectivity index (χ0) is 41.5. The van der Waals surface area contributed by atoms with Crippen LogP contribution in [0.2, 0.25) is 15.1 Å². The number of phenolic OH excluding ortho intramolecular Hbond substituents is 1. The molecule has 0 bridgehead atoms. The third-order valence-corrected chi connectivity index (χ3v) is 12.8. The summed E-state index contributed by atoms with van der Waals surface area (Å²) >= 11 is 19.3. The second-order valence-corrected chi connectivity index (χ2v) is 18.1. The molecule has 1 unspecified atom stereocenters. The van der Waals surface area contributed by atoms with Gasteiger partial charge >= 0.3 is 0 Å². The van der Waals surface area contributed by atoms with Gasteiger partial charge in [-0.1, -0.05) is 132 Å². The van der Waals surface area contributed by atoms with Gasteiger partial charge in [-0.25, -0.2) is 13.1 Å². The van der Waals surface area contributed by atoms with E-state index >= 15 is 0 Å². The Morgan fingerprint density at radius 1 is 0.845 bits per heavy atom. The minimum Gasteiger partial charge on any atom is -0.508 e. The van der Waals surface area contributed by atoms with E-state index in [1.54, 1.807) is 24.3 Å². The van der Waals surface area contributed by atoms with Crippen molar-refractivity contribution in [3.8, 4) is 11.5 Å². The molecule has 15 heteroatoms. The number of hydrogen-bond acceptors (Lipinski definition) is 9. The third kappa shape index (κ3) is 13.0. The van der Waals surface area contributed by atoms with Crippen molar-refractivity contribution in [3.05, 3.63) is 69.2 Å². The first-order valence-corrected chi connectivity index (χ1v) is 23.5. The first kappa shape index (κ1) is 45.7. The number of hydrogen-bond donors (Lipinski definition) is 3. The van der Waals surface area contributed by atoms with Crippen molar-refractivity contribution in [2.45, 2.75) is 146 Å². The van der Waals surface area contributed by atoms with Gasteiger partial charge in [0.2, 0.25) is 16.1 Å². The second-order valence-electron chi connectivity index (χ2n) is 15.2. The van der Waals surface area contributed by atoms with Gasteiger partial charge < -0.3 is 15.2 Å². The lowest BCUT2D eigenvalue weighted by molar-refractivity contribution is -0.117. The average molecular weight is 876 g/mol. The maximum Gasteiger partial charge on any atom is 0.282 e. The number of anilines is 2. The van der Waals surface area contributed by atoms with Crippen LogP contribution in [0.5, 0.6) is 11.5 Å². The number of nitrogens with zero attached hydrogens (tertiary/aromatic N) is 4. The van der Waals surface area contributed by atoms with E-state index < -0.39 is 22.0 Å². The van der Waals surface area contributed by atoms with Crippen molar-refractivity contribution in [2.75, 3.05) is 16.9 Å². The largest absolute Gasteiger partial charge is 0.508 e. The molecule has 0 spiro atoms. The van der Waals surface area contributed by atoms with E-state index in [0.717, 1.165) is 69.2 Å². The first-order valence-electron chi connectivity index (χ1n) is 20.9. The number of unbranched alkanes of at least 4 members (excludes halogenated alkanes) is 10. The van der Waals surface area contributed by atoms with Crippen LogP contribution in [0, 0.1) is 0 Å². The molecule has 1 aliphatic heterocycles. The number of rotatable bonds is 22. The van der Waals surface area contributed by atoms with Gasteiger partial charge in [-0.15, -0.1) is 5.10 Å². The zero-order valence-electron chi connectivity index (χ0n) is 33.6. The van der Waals surface area contributed by atoms with E-state index in [9.17, 15) is 18.3 Å². The van der Waals surface area contributed by atoms with Crippen molar-refractivity contribution < 1.29 is 23.1 Å². The molecule has 1 saturated carbocycles. The molecule has 5 rings (SSSR count). The summed E-state index contributed by atoms with van der Waals surface area (Å²) in [5.74, 6) is -0.0274. The summed E-state index contributed by atoms with van der Waals surface area (Å²) < 4.78 is 36.6. The summed E-state index contributed by atoms with van der Waals surface area (Å²) in [6.07, 6.45) is 18.9. The Bertz CT molecular complexity index is 1980. The number of carbonyl (C=O) groups excluding carboxylic acids is 1. The summed E-state index contributed by atoms with van der Waals surface area (Å²) in [5, 5.41) is 28.6. The molecule has 0 radical (unpaired) electrons. The number of aromatic hydroxyl groups is 1. The predicted molar refractivity (Wildman–Crippen MR) is 236 cm³/mol. The van der Waals surface area contributed by atoms with Gasteiger partial charge in [0, 0.05) is 11.1 Å². The molecule has 3 aromatic carbocycles. The quantitative estimate of drug-likeness (QED) is 0.0677. The number of amidine groups is 1. The molecule has 1 atom stereocenters. The van der Waals surface area contributed by atoms with Crippen molar-refractivity contribution in [3.63, 3.8) is 0 Å². The van der Waals surface area contributed by atoms with E-state index in [1.807, 2.05) is 0 Å². The van der Waals surface area contributed by atoms with Crippen LogP contribution >= 0.6 is 34.8 Å². The molecule has 316 valence electrons. The van der Waals surface area contributed by atoms with E-state index in [1.165, 1.54) is 69.2 Å². The molecular weight excluding hydrogens is 819 g/mol. The lowest BCUT2D eigenvalue weighted by Crippen LogP contribution is -2.36. The Morgan fingerprint density at radius 2 is 1.50 bits per heavy atom. The molecule has 58 heavy (non-hydrogen) atoms. The molecule has 0 aromatic heterocycles. The van der Waals surface area contributed by atoms with Crippen LogP contribution in [-0.4, -0.2) is 44.0 Å². The summed E-state index contributed by atoms with van der Waals surface area (Å²) in [4.78, 5) is 14.2. The lowest BCUT2D eigenvalue weighted by Gasteiger charge is -2.23. The van der Waals surface area contributed by atoms with Crippen molar-refractivity contribution in [1.29, 1.82) is 0 Å². The highest BCUT2D eigenvalue weighted by atomic mass is 35.5. The Labute approximate surface area is 359 Å². The van der Waals surface area contributed by atoms with Gasteiger partial charge in [0.25, 0.3) is 5.91 Å². The fourth-order valence-corrected chi connectivity index (χ4v) is 9.49. The highest BCUT2D eigenvalue weighted by Gasteiger charge is 2.40. The number of hydrazone groups is 1. The molecule has 0 saturated heterocycles. The molecule has 3 N–H and O–H groups in total. The molecule has 1 amide bonds. The van der Waals surface area contributed by atoms with Crippen LogP contribution < -0.4 is 19.8 Å². The molecule has 1 fully saturated rings. The minimum atomic E-state index is -3.91. The summed E-state index contributed by atoms with van der Waals surface area (Å²) in [6.45, 7) is 4.71. The Hall–Kier alpha value is -3.42. The monoisotopic (exact) mass is 874 g/mol. The molecule has 11 nitrogen and oxygen atoms in total. The number of ether oxygens (including phenoxy) is 1. The SMILES string of the molecule is CCCCCCCCCCCCOc1ccc(S(=O)(=O)NC2CCCCC2)cc1NC1=NN(c2c(Cl)cc(Cl)cc2Cl)C(=O)C1/N=N/c1ccc(O)c(CCCC)c1. The standard InChI is InChI=1S/C43H57Cl3N6O5S/c1-3-5-7-8-9-10-11-12-13-17-25-57-39-24-22-34(58(55,56)51-32-19-15-14-16-20-32)29-37(39)47-42-40(49-48-33-21-23-38(53)30(26-33)18-6-4-2)43(54)52(50-42)41-35(45)27-31(44)28-36(41)46/h21-24,26-29,32,40,51,53H,3-20,25H2,1-2H3,(H,47,50)/b49-48+. The highest BCUT2D eigenvalue weighted by Crippen LogP contribution is 2.40. The molecule has 2 aliphatic rings. The number of aryl methyl sites for hydroxylation is 1. The van der Waals surface area contributed by atoms with E-state index in [4.69, 9.17) is 39.5 Å². The van der Waals surface area contributed by atoms with E-state index in [2.05, 4.69) is 39.2 Å². The van der Waals surface area contributed by atoms with Crippen LogP contribution in [0.15, 0.2) is 68.8 Å². The third-order valence-electron chi connectivity index (χ3n) is 10.5. The Balaban J connectivity index is 1.43. The predicted octanol–water partition coefficient (Wildman–Crippen LogP) is 12.5. The maximum atomic E-state index is 14.2. The number of nitrogens with one attached hydrogen (secondary N) is 2. The van der Waals surface area contributed by atoms with Crippen LogP contribution in [0.3, 0.4) is 0 Å². The molecular formula is C43H57Cl3N6O5S. The topological polar surface area (TPSA) is 145 Å². The Kier molecular flexibility index (Phi) is 18.0. The number of amides is 1. The minimum absolute atomic E-state index is 0.0410. The fraction of sp³-hybridized carbons (Fsp3) is 0.535.